The third-order valence-electron chi connectivity index (χ3n) is 3.05. The second-order valence-electron chi connectivity index (χ2n) is 4.55. The Morgan fingerprint density at radius 1 is 1.50 bits per heavy atom. The molecule has 1 saturated heterocycles. The van der Waals surface area contributed by atoms with Gasteiger partial charge in [-0.15, -0.1) is 12.4 Å². The maximum absolute atomic E-state index is 13.0. The molecule has 2 rings (SSSR count). The molecule has 0 radical (unpaired) electrons. The van der Waals surface area contributed by atoms with Crippen LogP contribution in [0, 0.1) is 5.82 Å². The largest absolute Gasteiger partial charge is 0.341 e. The van der Waals surface area contributed by atoms with Crippen molar-refractivity contribution in [1.29, 1.82) is 0 Å². The zero-order valence-corrected chi connectivity index (χ0v) is 11.0. The smallest absolute Gasteiger partial charge is 0.227 e. The Morgan fingerprint density at radius 3 is 2.94 bits per heavy atom. The van der Waals surface area contributed by atoms with Gasteiger partial charge in [0.2, 0.25) is 5.91 Å². The number of carbonyl (C=O) groups excluding carboxylic acids is 1. The highest BCUT2D eigenvalue weighted by molar-refractivity contribution is 5.85. The van der Waals surface area contributed by atoms with Gasteiger partial charge in [-0.3, -0.25) is 4.79 Å². The van der Waals surface area contributed by atoms with E-state index in [0.717, 1.165) is 19.4 Å². The summed E-state index contributed by atoms with van der Waals surface area (Å²) in [5.41, 5.74) is 6.54. The minimum atomic E-state index is -0.300. The second-order valence-corrected chi connectivity index (χ2v) is 4.55. The van der Waals surface area contributed by atoms with Crippen molar-refractivity contribution in [3.8, 4) is 0 Å². The second kappa shape index (κ2) is 6.71. The minimum absolute atomic E-state index is 0. The fraction of sp³-hybridized carbons (Fsp3) is 0.462. The molecule has 2 N–H and O–H groups in total. The Morgan fingerprint density at radius 2 is 2.28 bits per heavy atom. The van der Waals surface area contributed by atoms with Crippen LogP contribution in [0.15, 0.2) is 24.3 Å². The van der Waals surface area contributed by atoms with Crippen LogP contribution in [0.5, 0.6) is 0 Å². The molecule has 0 aromatic heterocycles. The molecule has 1 aromatic carbocycles. The molecule has 1 aliphatic heterocycles. The van der Waals surface area contributed by atoms with Crippen LogP contribution < -0.4 is 5.73 Å². The summed E-state index contributed by atoms with van der Waals surface area (Å²) in [6.45, 7) is 1.38. The molecule has 3 nitrogen and oxygen atoms in total. The maximum atomic E-state index is 13.0. The van der Waals surface area contributed by atoms with Gasteiger partial charge in [-0.05, 0) is 30.5 Å². The van der Waals surface area contributed by atoms with E-state index in [1.54, 1.807) is 17.0 Å². The van der Waals surface area contributed by atoms with Crippen molar-refractivity contribution in [3.63, 3.8) is 0 Å². The van der Waals surface area contributed by atoms with Gasteiger partial charge in [0, 0.05) is 19.1 Å². The lowest BCUT2D eigenvalue weighted by Gasteiger charge is -2.30. The summed E-state index contributed by atoms with van der Waals surface area (Å²) in [6.07, 6.45) is 2.18. The van der Waals surface area contributed by atoms with Crippen LogP contribution in [0.4, 0.5) is 4.39 Å². The normalized spacial score (nSPS) is 19.2. The monoisotopic (exact) mass is 272 g/mol. The molecular weight excluding hydrogens is 255 g/mol. The van der Waals surface area contributed by atoms with Crippen molar-refractivity contribution < 1.29 is 9.18 Å². The van der Waals surface area contributed by atoms with Crippen LogP contribution in [0.1, 0.15) is 18.4 Å². The third-order valence-corrected chi connectivity index (χ3v) is 3.05. The number of amides is 1. The van der Waals surface area contributed by atoms with Gasteiger partial charge in [0.15, 0.2) is 0 Å². The zero-order chi connectivity index (χ0) is 12.3. The Bertz CT molecular complexity index is 414. The third kappa shape index (κ3) is 3.96. The van der Waals surface area contributed by atoms with Gasteiger partial charge >= 0.3 is 0 Å². The predicted octanol–water partition coefficient (Wildman–Crippen LogP) is 1.74. The molecule has 0 aliphatic carbocycles. The van der Waals surface area contributed by atoms with E-state index in [1.165, 1.54) is 12.1 Å². The molecule has 5 heteroatoms. The zero-order valence-electron chi connectivity index (χ0n) is 10.1. The quantitative estimate of drug-likeness (QED) is 0.891. The molecule has 0 bridgehead atoms. The highest BCUT2D eigenvalue weighted by atomic mass is 35.5. The summed E-state index contributed by atoms with van der Waals surface area (Å²) in [6, 6.07) is 6.26. The van der Waals surface area contributed by atoms with Crippen molar-refractivity contribution >= 4 is 18.3 Å². The molecular formula is C13H18ClFN2O. The van der Waals surface area contributed by atoms with Crippen LogP contribution in [0.25, 0.3) is 0 Å². The number of carbonyl (C=O) groups is 1. The van der Waals surface area contributed by atoms with Gasteiger partial charge in [0.25, 0.3) is 0 Å². The summed E-state index contributed by atoms with van der Waals surface area (Å²) < 4.78 is 13.0. The number of nitrogens with two attached hydrogens (primary N) is 1. The van der Waals surface area contributed by atoms with Gasteiger partial charge in [-0.25, -0.2) is 4.39 Å². The standard InChI is InChI=1S/C13H17FN2O.ClH/c14-11-4-1-3-10(7-11)8-13(17)16-6-2-5-12(15)9-16;/h1,3-4,7,12H,2,5-6,8-9,15H2;1H. The van der Waals surface area contributed by atoms with Gasteiger partial charge < -0.3 is 10.6 Å². The first-order chi connectivity index (χ1) is 8.15. The lowest BCUT2D eigenvalue weighted by atomic mass is 10.1. The molecule has 1 heterocycles. The van der Waals surface area contributed by atoms with E-state index >= 15 is 0 Å². The number of hydrogen-bond donors (Lipinski definition) is 1. The molecule has 100 valence electrons. The van der Waals surface area contributed by atoms with Gasteiger partial charge in [-0.2, -0.15) is 0 Å². The number of likely N-dealkylation sites (tertiary alicyclic amines) is 1. The van der Waals surface area contributed by atoms with Crippen LogP contribution >= 0.6 is 12.4 Å². The molecule has 1 aliphatic rings. The van der Waals surface area contributed by atoms with Gasteiger partial charge in [-0.1, -0.05) is 12.1 Å². The maximum Gasteiger partial charge on any atom is 0.227 e. The van der Waals surface area contributed by atoms with Gasteiger partial charge in [0.05, 0.1) is 6.42 Å². The van der Waals surface area contributed by atoms with Crippen LogP contribution in [0.3, 0.4) is 0 Å². The number of piperidine rings is 1. The number of hydrogen-bond acceptors (Lipinski definition) is 2. The molecule has 18 heavy (non-hydrogen) atoms. The molecule has 1 amide bonds. The van der Waals surface area contributed by atoms with E-state index in [-0.39, 0.29) is 36.6 Å². The highest BCUT2D eigenvalue weighted by Gasteiger charge is 2.21. The first kappa shape index (κ1) is 14.9. The van der Waals surface area contributed by atoms with E-state index in [2.05, 4.69) is 0 Å². The summed E-state index contributed by atoms with van der Waals surface area (Å²) in [4.78, 5) is 13.7. The molecule has 0 spiro atoms. The topological polar surface area (TPSA) is 46.3 Å². The van der Waals surface area contributed by atoms with E-state index in [9.17, 15) is 9.18 Å². The Kier molecular flexibility index (Phi) is 5.56. The summed E-state index contributed by atoms with van der Waals surface area (Å²) in [5, 5.41) is 0. The Labute approximate surface area is 113 Å². The molecule has 0 saturated carbocycles. The van der Waals surface area contributed by atoms with Crippen molar-refractivity contribution in [1.82, 2.24) is 4.90 Å². The molecule has 1 aromatic rings. The van der Waals surface area contributed by atoms with Crippen molar-refractivity contribution in [2.45, 2.75) is 25.3 Å². The lowest BCUT2D eigenvalue weighted by Crippen LogP contribution is -2.46. The molecule has 1 atom stereocenters. The number of rotatable bonds is 2. The number of benzene rings is 1. The van der Waals surface area contributed by atoms with E-state index < -0.39 is 0 Å². The van der Waals surface area contributed by atoms with Crippen LogP contribution in [-0.2, 0) is 11.2 Å². The van der Waals surface area contributed by atoms with Crippen molar-refractivity contribution in [2.75, 3.05) is 13.1 Å². The average Bonchev–Trinajstić information content (AvgIpc) is 2.29. The fourth-order valence-corrected chi connectivity index (χ4v) is 2.17. The SMILES string of the molecule is Cl.NC1CCCN(C(=O)Cc2cccc(F)c2)C1. The first-order valence-electron chi connectivity index (χ1n) is 5.93. The van der Waals surface area contributed by atoms with Crippen molar-refractivity contribution in [2.24, 2.45) is 5.73 Å². The fourth-order valence-electron chi connectivity index (χ4n) is 2.17. The summed E-state index contributed by atoms with van der Waals surface area (Å²) >= 11 is 0. The van der Waals surface area contributed by atoms with Gasteiger partial charge in [0.1, 0.15) is 5.82 Å². The van der Waals surface area contributed by atoms with Crippen LogP contribution in [0.2, 0.25) is 0 Å². The lowest BCUT2D eigenvalue weighted by molar-refractivity contribution is -0.131. The van der Waals surface area contributed by atoms with Crippen LogP contribution in [-0.4, -0.2) is 29.9 Å². The summed E-state index contributed by atoms with van der Waals surface area (Å²) in [5.74, 6) is -0.267. The van der Waals surface area contributed by atoms with E-state index in [1.807, 2.05) is 0 Å². The average molecular weight is 273 g/mol. The predicted molar refractivity (Wildman–Crippen MR) is 71.1 cm³/mol. The highest BCUT2D eigenvalue weighted by Crippen LogP contribution is 2.11. The Balaban J connectivity index is 0.00000162. The van der Waals surface area contributed by atoms with E-state index in [0.29, 0.717) is 12.1 Å². The molecule has 1 unspecified atom stereocenters. The Hall–Kier alpha value is -1.13. The van der Waals surface area contributed by atoms with Crippen molar-refractivity contribution in [3.05, 3.63) is 35.6 Å². The minimum Gasteiger partial charge on any atom is -0.341 e. The number of nitrogens with zero attached hydrogens (tertiary/aromatic N) is 1. The molecule has 1 fully saturated rings. The summed E-state index contributed by atoms with van der Waals surface area (Å²) in [7, 11) is 0. The first-order valence-corrected chi connectivity index (χ1v) is 5.93. The van der Waals surface area contributed by atoms with E-state index in [4.69, 9.17) is 5.73 Å². The number of halogens is 2.